The predicted molar refractivity (Wildman–Crippen MR) is 109 cm³/mol. The highest BCUT2D eigenvalue weighted by Gasteiger charge is 2.14. The smallest absolute Gasteiger partial charge is 0.349 e. The number of amides is 2. The molecule has 9 heteroatoms. The van der Waals surface area contributed by atoms with Crippen molar-refractivity contribution in [3.8, 4) is 5.75 Å². The third-order valence-electron chi connectivity index (χ3n) is 3.90. The van der Waals surface area contributed by atoms with E-state index in [4.69, 9.17) is 32.4 Å². The van der Waals surface area contributed by atoms with E-state index in [2.05, 4.69) is 10.9 Å². The third-order valence-corrected chi connectivity index (χ3v) is 4.43. The lowest BCUT2D eigenvalue weighted by Gasteiger charge is -2.09. The molecule has 2 aromatic carbocycles. The largest absolute Gasteiger partial charge is 0.492 e. The number of hydrogen-bond donors (Lipinski definition) is 2. The summed E-state index contributed by atoms with van der Waals surface area (Å²) in [6, 6.07) is 13.1. The van der Waals surface area contributed by atoms with Gasteiger partial charge in [0.1, 0.15) is 16.9 Å². The molecule has 0 bridgehead atoms. The molecule has 3 aromatic rings. The molecule has 0 radical (unpaired) electrons. The highest BCUT2D eigenvalue weighted by Crippen LogP contribution is 2.27. The summed E-state index contributed by atoms with van der Waals surface area (Å²) in [5.41, 5.74) is 3.84. The SMILES string of the molecule is O=C(CCCOc1ccc(Cl)cc1Cl)NNC(=O)c1cc2ccccc2oc1=O. The topological polar surface area (TPSA) is 97.6 Å². The van der Waals surface area contributed by atoms with Gasteiger partial charge in [-0.05, 0) is 36.8 Å². The van der Waals surface area contributed by atoms with Gasteiger partial charge in [-0.15, -0.1) is 0 Å². The van der Waals surface area contributed by atoms with E-state index < -0.39 is 17.4 Å². The molecule has 0 aliphatic carbocycles. The fraction of sp³-hybridized carbons (Fsp3) is 0.150. The Morgan fingerprint density at radius 1 is 1.03 bits per heavy atom. The molecule has 1 aromatic heterocycles. The Balaban J connectivity index is 1.46. The summed E-state index contributed by atoms with van der Waals surface area (Å²) < 4.78 is 10.6. The first-order chi connectivity index (χ1) is 13.9. The summed E-state index contributed by atoms with van der Waals surface area (Å²) in [6.45, 7) is 0.247. The molecule has 0 saturated heterocycles. The monoisotopic (exact) mass is 434 g/mol. The molecule has 0 fully saturated rings. The van der Waals surface area contributed by atoms with E-state index in [-0.39, 0.29) is 18.6 Å². The van der Waals surface area contributed by atoms with Crippen molar-refractivity contribution >= 4 is 46.0 Å². The molecule has 1 heterocycles. The molecule has 3 rings (SSSR count). The summed E-state index contributed by atoms with van der Waals surface area (Å²) in [7, 11) is 0. The Labute approximate surface area is 175 Å². The number of para-hydroxylation sites is 1. The third kappa shape index (κ3) is 5.49. The molecule has 0 spiro atoms. The lowest BCUT2D eigenvalue weighted by atomic mass is 10.2. The number of carbonyl (C=O) groups is 2. The van der Waals surface area contributed by atoms with Gasteiger partial charge in [-0.1, -0.05) is 41.4 Å². The van der Waals surface area contributed by atoms with Crippen molar-refractivity contribution in [2.75, 3.05) is 6.61 Å². The van der Waals surface area contributed by atoms with Crippen molar-refractivity contribution in [1.29, 1.82) is 0 Å². The van der Waals surface area contributed by atoms with Gasteiger partial charge in [-0.25, -0.2) is 4.79 Å². The lowest BCUT2D eigenvalue weighted by molar-refractivity contribution is -0.122. The summed E-state index contributed by atoms with van der Waals surface area (Å²) in [4.78, 5) is 36.0. The minimum atomic E-state index is -0.788. The van der Waals surface area contributed by atoms with Crippen LogP contribution in [0.25, 0.3) is 11.0 Å². The van der Waals surface area contributed by atoms with Gasteiger partial charge >= 0.3 is 5.63 Å². The molecular weight excluding hydrogens is 419 g/mol. The molecule has 0 unspecified atom stereocenters. The van der Waals surface area contributed by atoms with Crippen LogP contribution < -0.4 is 21.2 Å². The molecule has 2 amide bonds. The second kappa shape index (κ2) is 9.45. The maximum Gasteiger partial charge on any atom is 0.349 e. The molecule has 29 heavy (non-hydrogen) atoms. The molecule has 7 nitrogen and oxygen atoms in total. The van der Waals surface area contributed by atoms with Crippen LogP contribution in [0, 0.1) is 0 Å². The van der Waals surface area contributed by atoms with Gasteiger partial charge < -0.3 is 9.15 Å². The Kier molecular flexibility index (Phi) is 6.74. The molecule has 0 atom stereocenters. The summed E-state index contributed by atoms with van der Waals surface area (Å²) in [5, 5.41) is 1.47. The van der Waals surface area contributed by atoms with Crippen LogP contribution in [0.4, 0.5) is 0 Å². The van der Waals surface area contributed by atoms with Crippen molar-refractivity contribution in [3.63, 3.8) is 0 Å². The second-order valence-electron chi connectivity index (χ2n) is 6.01. The van der Waals surface area contributed by atoms with Crippen LogP contribution in [0.2, 0.25) is 10.0 Å². The normalized spacial score (nSPS) is 10.6. The maximum absolute atomic E-state index is 12.2. The van der Waals surface area contributed by atoms with E-state index in [1.807, 2.05) is 0 Å². The molecule has 0 aliphatic rings. The van der Waals surface area contributed by atoms with Crippen molar-refractivity contribution in [1.82, 2.24) is 10.9 Å². The average Bonchev–Trinajstić information content (AvgIpc) is 2.70. The number of nitrogens with one attached hydrogen (secondary N) is 2. The van der Waals surface area contributed by atoms with Crippen LogP contribution in [-0.4, -0.2) is 18.4 Å². The van der Waals surface area contributed by atoms with E-state index >= 15 is 0 Å². The second-order valence-corrected chi connectivity index (χ2v) is 6.86. The van der Waals surface area contributed by atoms with Crippen molar-refractivity contribution in [2.45, 2.75) is 12.8 Å². The van der Waals surface area contributed by atoms with Gasteiger partial charge in [0.05, 0.1) is 11.6 Å². The zero-order chi connectivity index (χ0) is 20.8. The van der Waals surface area contributed by atoms with Crippen LogP contribution in [0.5, 0.6) is 5.75 Å². The fourth-order valence-corrected chi connectivity index (χ4v) is 2.95. The fourth-order valence-electron chi connectivity index (χ4n) is 2.48. The summed E-state index contributed by atoms with van der Waals surface area (Å²) in [5.74, 6) is -0.732. The molecule has 150 valence electrons. The van der Waals surface area contributed by atoms with Crippen LogP contribution in [-0.2, 0) is 4.79 Å². The Bertz CT molecular complexity index is 1110. The number of hydrogen-bond acceptors (Lipinski definition) is 5. The average molecular weight is 435 g/mol. The number of ether oxygens (including phenoxy) is 1. The minimum absolute atomic E-state index is 0.0951. The van der Waals surface area contributed by atoms with E-state index in [1.54, 1.807) is 42.5 Å². The highest BCUT2D eigenvalue weighted by molar-refractivity contribution is 6.35. The van der Waals surface area contributed by atoms with Crippen molar-refractivity contribution < 1.29 is 18.7 Å². The highest BCUT2D eigenvalue weighted by atomic mass is 35.5. The number of rotatable bonds is 6. The number of carbonyl (C=O) groups excluding carboxylic acids is 2. The van der Waals surface area contributed by atoms with E-state index in [0.717, 1.165) is 0 Å². The van der Waals surface area contributed by atoms with E-state index in [1.165, 1.54) is 6.07 Å². The van der Waals surface area contributed by atoms with Gasteiger partial charge in [0.25, 0.3) is 5.91 Å². The van der Waals surface area contributed by atoms with Gasteiger partial charge in [-0.2, -0.15) is 0 Å². The number of benzene rings is 2. The quantitative estimate of drug-likeness (QED) is 0.350. The summed E-state index contributed by atoms with van der Waals surface area (Å²) in [6.07, 6.45) is 0.483. The lowest BCUT2D eigenvalue weighted by Crippen LogP contribution is -2.43. The maximum atomic E-state index is 12.2. The first-order valence-corrected chi connectivity index (χ1v) is 9.39. The van der Waals surface area contributed by atoms with Crippen molar-refractivity contribution in [3.05, 3.63) is 74.6 Å². The molecule has 2 N–H and O–H groups in total. The minimum Gasteiger partial charge on any atom is -0.492 e. The van der Waals surface area contributed by atoms with Crippen LogP contribution in [0.1, 0.15) is 23.2 Å². The first kappa shape index (κ1) is 20.7. The van der Waals surface area contributed by atoms with Crippen LogP contribution in [0.3, 0.4) is 0 Å². The molecule has 0 saturated carbocycles. The number of fused-ring (bicyclic) bond motifs is 1. The standard InChI is InChI=1S/C20H16Cl2N2O5/c21-13-7-8-17(15(22)11-13)28-9-3-6-18(25)23-24-19(26)14-10-12-4-1-2-5-16(12)29-20(14)27/h1-2,4-5,7-8,10-11H,3,6,9H2,(H,23,25)(H,24,26). The Morgan fingerprint density at radius 3 is 2.62 bits per heavy atom. The molecular formula is C20H16Cl2N2O5. The number of hydrazine groups is 1. The predicted octanol–water partition coefficient (Wildman–Crippen LogP) is 3.72. The van der Waals surface area contributed by atoms with Gasteiger partial charge in [0.2, 0.25) is 5.91 Å². The van der Waals surface area contributed by atoms with E-state index in [9.17, 15) is 14.4 Å². The Hall–Kier alpha value is -3.03. The Morgan fingerprint density at radius 2 is 1.83 bits per heavy atom. The van der Waals surface area contributed by atoms with Crippen LogP contribution in [0.15, 0.2) is 57.7 Å². The van der Waals surface area contributed by atoms with E-state index in [0.29, 0.717) is 33.2 Å². The van der Waals surface area contributed by atoms with Gasteiger partial charge in [0.15, 0.2) is 0 Å². The number of halogens is 2. The van der Waals surface area contributed by atoms with Gasteiger partial charge in [-0.3, -0.25) is 20.4 Å². The van der Waals surface area contributed by atoms with Crippen LogP contribution >= 0.6 is 23.2 Å². The van der Waals surface area contributed by atoms with Crippen molar-refractivity contribution in [2.24, 2.45) is 0 Å². The summed E-state index contributed by atoms with van der Waals surface area (Å²) >= 11 is 11.8. The molecule has 0 aliphatic heterocycles. The zero-order valence-electron chi connectivity index (χ0n) is 15.0. The zero-order valence-corrected chi connectivity index (χ0v) is 16.5. The van der Waals surface area contributed by atoms with Gasteiger partial charge in [0, 0.05) is 16.8 Å². The first-order valence-electron chi connectivity index (χ1n) is 8.64.